The number of alkyl carbamates (subject to hydrolysis) is 1. The van der Waals surface area contributed by atoms with E-state index in [-0.39, 0.29) is 18.9 Å². The maximum Gasteiger partial charge on any atom is 0.408 e. The molecule has 0 spiro atoms. The first-order valence-corrected chi connectivity index (χ1v) is 10.8. The molecule has 2 amide bonds. The monoisotopic (exact) mass is 456 g/mol. The van der Waals surface area contributed by atoms with Crippen LogP contribution in [0.5, 0.6) is 5.75 Å². The van der Waals surface area contributed by atoms with E-state index in [9.17, 15) is 14.4 Å². The van der Waals surface area contributed by atoms with Gasteiger partial charge in [-0.25, -0.2) is 9.59 Å². The number of rotatable bonds is 11. The van der Waals surface area contributed by atoms with Gasteiger partial charge >= 0.3 is 12.1 Å². The fourth-order valence-corrected chi connectivity index (χ4v) is 3.31. The molecule has 0 heterocycles. The average molecular weight is 457 g/mol. The molecule has 8 heteroatoms. The lowest BCUT2D eigenvalue weighted by atomic mass is 10.0. The predicted molar refractivity (Wildman–Crippen MR) is 124 cm³/mol. The van der Waals surface area contributed by atoms with Crippen molar-refractivity contribution in [3.05, 3.63) is 65.7 Å². The summed E-state index contributed by atoms with van der Waals surface area (Å²) in [5.74, 6) is -0.377. The van der Waals surface area contributed by atoms with E-state index in [4.69, 9.17) is 14.2 Å². The number of ether oxygens (including phenoxy) is 3. The van der Waals surface area contributed by atoms with Crippen LogP contribution >= 0.6 is 0 Å². The Bertz CT molecular complexity index is 916. The van der Waals surface area contributed by atoms with Crippen molar-refractivity contribution in [2.75, 3.05) is 14.2 Å². The number of nitrogens with one attached hydrogen (secondary N) is 2. The second-order valence-corrected chi connectivity index (χ2v) is 7.99. The number of para-hydroxylation sites is 1. The summed E-state index contributed by atoms with van der Waals surface area (Å²) in [5, 5.41) is 5.33. The van der Waals surface area contributed by atoms with E-state index in [1.165, 1.54) is 14.2 Å². The maximum absolute atomic E-state index is 13.0. The standard InChI is InChI=1S/C25H32N2O6/c1-17(2)14-20(27-25(30)33-16-18-10-6-5-7-11-18)23(28)26-21(24(29)32-4)15-19-12-8-9-13-22(19)31-3/h5-13,17,20-21H,14-16H2,1-4H3,(H,26,28)(H,27,30)/t20-,21-/m0/s1. The molecule has 2 aromatic carbocycles. The van der Waals surface area contributed by atoms with Gasteiger partial charge in [-0.2, -0.15) is 0 Å². The minimum atomic E-state index is -0.949. The third-order valence-electron chi connectivity index (χ3n) is 4.95. The minimum absolute atomic E-state index is 0.0846. The number of amides is 2. The number of carbonyl (C=O) groups excluding carboxylic acids is 3. The zero-order valence-electron chi connectivity index (χ0n) is 19.5. The van der Waals surface area contributed by atoms with Crippen LogP contribution in [0.1, 0.15) is 31.4 Å². The predicted octanol–water partition coefficient (Wildman–Crippen LogP) is 3.24. The summed E-state index contributed by atoms with van der Waals surface area (Å²) in [6.07, 6.45) is -0.164. The van der Waals surface area contributed by atoms with E-state index in [1.807, 2.05) is 62.4 Å². The Morgan fingerprint density at radius 1 is 0.879 bits per heavy atom. The van der Waals surface area contributed by atoms with E-state index in [1.54, 1.807) is 6.07 Å². The lowest BCUT2D eigenvalue weighted by Crippen LogP contribution is -2.53. The molecule has 0 aliphatic heterocycles. The molecular formula is C25H32N2O6. The maximum atomic E-state index is 13.0. The fourth-order valence-electron chi connectivity index (χ4n) is 3.31. The van der Waals surface area contributed by atoms with Crippen molar-refractivity contribution in [1.82, 2.24) is 10.6 Å². The van der Waals surface area contributed by atoms with Gasteiger partial charge in [0.1, 0.15) is 24.4 Å². The van der Waals surface area contributed by atoms with Gasteiger partial charge in [-0.05, 0) is 29.5 Å². The van der Waals surface area contributed by atoms with Crippen LogP contribution in [-0.4, -0.2) is 44.3 Å². The van der Waals surface area contributed by atoms with Crippen LogP contribution in [0.15, 0.2) is 54.6 Å². The summed E-state index contributed by atoms with van der Waals surface area (Å²) < 4.78 is 15.5. The van der Waals surface area contributed by atoms with Gasteiger partial charge in [0.15, 0.2) is 0 Å². The normalized spacial score (nSPS) is 12.4. The molecule has 8 nitrogen and oxygen atoms in total. The summed E-state index contributed by atoms with van der Waals surface area (Å²) in [6, 6.07) is 14.6. The molecule has 0 bridgehead atoms. The quantitative estimate of drug-likeness (QED) is 0.503. The van der Waals surface area contributed by atoms with Gasteiger partial charge in [-0.1, -0.05) is 62.4 Å². The Hall–Kier alpha value is -3.55. The summed E-state index contributed by atoms with van der Waals surface area (Å²) in [6.45, 7) is 3.95. The van der Waals surface area contributed by atoms with E-state index in [0.717, 1.165) is 11.1 Å². The van der Waals surface area contributed by atoms with Gasteiger partial charge in [-0.3, -0.25) is 4.79 Å². The summed E-state index contributed by atoms with van der Waals surface area (Å²) >= 11 is 0. The third-order valence-corrected chi connectivity index (χ3v) is 4.95. The largest absolute Gasteiger partial charge is 0.496 e. The molecule has 0 radical (unpaired) electrons. The lowest BCUT2D eigenvalue weighted by Gasteiger charge is -2.23. The molecule has 33 heavy (non-hydrogen) atoms. The highest BCUT2D eigenvalue weighted by Gasteiger charge is 2.29. The smallest absolute Gasteiger partial charge is 0.408 e. The number of benzene rings is 2. The van der Waals surface area contributed by atoms with Gasteiger partial charge in [-0.15, -0.1) is 0 Å². The van der Waals surface area contributed by atoms with Crippen molar-refractivity contribution in [3.63, 3.8) is 0 Å². The number of methoxy groups -OCH3 is 2. The van der Waals surface area contributed by atoms with Gasteiger partial charge in [0.25, 0.3) is 0 Å². The Balaban J connectivity index is 2.07. The van der Waals surface area contributed by atoms with Crippen molar-refractivity contribution in [2.24, 2.45) is 5.92 Å². The van der Waals surface area contributed by atoms with Crippen molar-refractivity contribution in [3.8, 4) is 5.75 Å². The van der Waals surface area contributed by atoms with Crippen LogP contribution < -0.4 is 15.4 Å². The summed E-state index contributed by atoms with van der Waals surface area (Å²) in [4.78, 5) is 37.8. The average Bonchev–Trinajstić information content (AvgIpc) is 2.82. The second-order valence-electron chi connectivity index (χ2n) is 7.99. The highest BCUT2D eigenvalue weighted by atomic mass is 16.5. The first kappa shape index (κ1) is 25.7. The zero-order chi connectivity index (χ0) is 24.2. The fraction of sp³-hybridized carbons (Fsp3) is 0.400. The van der Waals surface area contributed by atoms with Crippen LogP contribution in [0.3, 0.4) is 0 Å². The zero-order valence-corrected chi connectivity index (χ0v) is 19.5. The van der Waals surface area contributed by atoms with Gasteiger partial charge in [0.2, 0.25) is 5.91 Å². The van der Waals surface area contributed by atoms with Crippen molar-refractivity contribution >= 4 is 18.0 Å². The molecule has 0 aliphatic carbocycles. The molecule has 178 valence electrons. The number of esters is 1. The number of carbonyl (C=O) groups is 3. The molecule has 2 rings (SSSR count). The molecule has 0 saturated heterocycles. The highest BCUT2D eigenvalue weighted by Crippen LogP contribution is 2.19. The molecule has 0 saturated carbocycles. The van der Waals surface area contributed by atoms with Gasteiger partial charge < -0.3 is 24.8 Å². The van der Waals surface area contributed by atoms with Crippen molar-refractivity contribution in [1.29, 1.82) is 0 Å². The highest BCUT2D eigenvalue weighted by molar-refractivity contribution is 5.89. The van der Waals surface area contributed by atoms with Crippen molar-refractivity contribution in [2.45, 2.75) is 45.4 Å². The lowest BCUT2D eigenvalue weighted by molar-refractivity contribution is -0.145. The molecule has 0 aromatic heterocycles. The molecule has 0 unspecified atom stereocenters. The summed E-state index contributed by atoms with van der Waals surface area (Å²) in [7, 11) is 2.79. The minimum Gasteiger partial charge on any atom is -0.496 e. The Kier molecular flexibility index (Phi) is 10.2. The Morgan fingerprint density at radius 2 is 1.55 bits per heavy atom. The molecule has 2 aromatic rings. The molecule has 0 fully saturated rings. The number of hydrogen-bond acceptors (Lipinski definition) is 6. The topological polar surface area (TPSA) is 103 Å². The van der Waals surface area contributed by atoms with E-state index >= 15 is 0 Å². The van der Waals surface area contributed by atoms with Crippen LogP contribution in [0, 0.1) is 5.92 Å². The first-order chi connectivity index (χ1) is 15.8. The Morgan fingerprint density at radius 3 is 2.18 bits per heavy atom. The van der Waals surface area contributed by atoms with Crippen LogP contribution in [0.4, 0.5) is 4.79 Å². The molecule has 2 N–H and O–H groups in total. The van der Waals surface area contributed by atoms with Crippen LogP contribution in [0.25, 0.3) is 0 Å². The summed E-state index contributed by atoms with van der Waals surface area (Å²) in [5.41, 5.74) is 1.58. The van der Waals surface area contributed by atoms with Crippen LogP contribution in [-0.2, 0) is 32.1 Å². The van der Waals surface area contributed by atoms with Gasteiger partial charge in [0, 0.05) is 6.42 Å². The van der Waals surface area contributed by atoms with Crippen LogP contribution in [0.2, 0.25) is 0 Å². The molecular weight excluding hydrogens is 424 g/mol. The molecule has 2 atom stereocenters. The van der Waals surface area contributed by atoms with Crippen molar-refractivity contribution < 1.29 is 28.6 Å². The second kappa shape index (κ2) is 13.1. The van der Waals surface area contributed by atoms with E-state index in [0.29, 0.717) is 12.2 Å². The Labute approximate surface area is 194 Å². The first-order valence-electron chi connectivity index (χ1n) is 10.8. The van der Waals surface area contributed by atoms with Gasteiger partial charge in [0.05, 0.1) is 14.2 Å². The van der Waals surface area contributed by atoms with E-state index in [2.05, 4.69) is 10.6 Å². The van der Waals surface area contributed by atoms with E-state index < -0.39 is 30.1 Å². The SMILES string of the molecule is COC(=O)[C@H](Cc1ccccc1OC)NC(=O)[C@H](CC(C)C)NC(=O)OCc1ccccc1. The molecule has 0 aliphatic rings. The number of hydrogen-bond donors (Lipinski definition) is 2. The third kappa shape index (κ3) is 8.48.